The lowest BCUT2D eigenvalue weighted by molar-refractivity contribution is -0.870. The van der Waals surface area contributed by atoms with Crippen LogP contribution in [0.3, 0.4) is 0 Å². The second-order valence-electron chi connectivity index (χ2n) is 18.9. The number of aliphatic hydroxyl groups is 1. The summed E-state index contributed by atoms with van der Waals surface area (Å²) in [6, 6.07) is -0.803. The van der Waals surface area contributed by atoms with Crippen molar-refractivity contribution in [1.29, 1.82) is 0 Å². The second-order valence-corrected chi connectivity index (χ2v) is 20.3. The van der Waals surface area contributed by atoms with Crippen LogP contribution in [0.5, 0.6) is 0 Å². The van der Waals surface area contributed by atoms with Gasteiger partial charge in [0, 0.05) is 6.42 Å². The monoisotopic (exact) mass is 869 g/mol. The number of likely N-dealkylation sites (N-methyl/N-ethyl adjacent to an activating group) is 1. The van der Waals surface area contributed by atoms with Gasteiger partial charge in [0.05, 0.1) is 39.9 Å². The average Bonchev–Trinajstić information content (AvgIpc) is 3.20. The Morgan fingerprint density at radius 1 is 0.583 bits per heavy atom. The first-order chi connectivity index (χ1) is 29.0. The Bertz CT molecular complexity index is 1030. The van der Waals surface area contributed by atoms with E-state index in [0.717, 1.165) is 51.4 Å². The first-order valence-corrected chi connectivity index (χ1v) is 27.1. The van der Waals surface area contributed by atoms with E-state index in [1.54, 1.807) is 0 Å². The second kappa shape index (κ2) is 43.2. The van der Waals surface area contributed by atoms with Crippen LogP contribution in [0.15, 0.2) is 24.3 Å². The molecule has 1 amide bonds. The predicted octanol–water partition coefficient (Wildman–Crippen LogP) is 14.2. The summed E-state index contributed by atoms with van der Waals surface area (Å²) in [5, 5.41) is 14.0. The number of phosphoric ester groups is 1. The Labute approximate surface area is 373 Å². The third kappa shape index (κ3) is 45.0. The Kier molecular flexibility index (Phi) is 42.5. The average molecular weight is 869 g/mol. The van der Waals surface area contributed by atoms with Crippen molar-refractivity contribution >= 4 is 13.7 Å². The van der Waals surface area contributed by atoms with Gasteiger partial charge in [-0.25, -0.2) is 0 Å². The van der Waals surface area contributed by atoms with Gasteiger partial charge in [-0.05, 0) is 44.9 Å². The summed E-state index contributed by atoms with van der Waals surface area (Å²) in [4.78, 5) is 25.4. The number of nitrogens with zero attached hydrogens (tertiary/aromatic N) is 1. The Morgan fingerprint density at radius 3 is 1.38 bits per heavy atom. The number of rotatable bonds is 47. The molecule has 0 saturated carbocycles. The molecule has 356 valence electrons. The van der Waals surface area contributed by atoms with Crippen LogP contribution in [-0.4, -0.2) is 68.5 Å². The van der Waals surface area contributed by atoms with Crippen molar-refractivity contribution < 1.29 is 32.9 Å². The van der Waals surface area contributed by atoms with E-state index in [0.29, 0.717) is 23.9 Å². The molecule has 0 saturated heterocycles. The minimum absolute atomic E-state index is 0.0113. The normalized spacial score (nSPS) is 14.3. The number of phosphoric acid groups is 1. The van der Waals surface area contributed by atoms with Crippen LogP contribution < -0.4 is 10.2 Å². The van der Waals surface area contributed by atoms with E-state index in [9.17, 15) is 19.4 Å². The molecular formula is C51H101N2O6P. The van der Waals surface area contributed by atoms with Crippen LogP contribution in [0.4, 0.5) is 0 Å². The highest BCUT2D eigenvalue weighted by molar-refractivity contribution is 7.45. The molecule has 0 spiro atoms. The molecular weight excluding hydrogens is 768 g/mol. The highest BCUT2D eigenvalue weighted by atomic mass is 31.2. The van der Waals surface area contributed by atoms with Gasteiger partial charge in [-0.1, -0.05) is 218 Å². The van der Waals surface area contributed by atoms with Crippen molar-refractivity contribution in [3.05, 3.63) is 24.3 Å². The number of unbranched alkanes of at least 4 members (excludes halogenated alkanes) is 30. The maximum absolute atomic E-state index is 12.9. The van der Waals surface area contributed by atoms with Crippen molar-refractivity contribution in [2.45, 2.75) is 257 Å². The van der Waals surface area contributed by atoms with Gasteiger partial charge in [-0.3, -0.25) is 9.36 Å². The summed E-state index contributed by atoms with van der Waals surface area (Å²) < 4.78 is 23.3. The molecule has 9 heteroatoms. The lowest BCUT2D eigenvalue weighted by Gasteiger charge is -2.30. The molecule has 0 heterocycles. The largest absolute Gasteiger partial charge is 0.756 e. The first kappa shape index (κ1) is 59.0. The maximum atomic E-state index is 12.9. The fourth-order valence-electron chi connectivity index (χ4n) is 7.60. The predicted molar refractivity (Wildman–Crippen MR) is 256 cm³/mol. The fourth-order valence-corrected chi connectivity index (χ4v) is 8.32. The number of hydrogen-bond donors (Lipinski definition) is 2. The van der Waals surface area contributed by atoms with Crippen molar-refractivity contribution in [1.82, 2.24) is 5.32 Å². The number of carbonyl (C=O) groups is 1. The van der Waals surface area contributed by atoms with Crippen molar-refractivity contribution in [3.63, 3.8) is 0 Å². The molecule has 0 aromatic heterocycles. The zero-order valence-electron chi connectivity index (χ0n) is 40.4. The topological polar surface area (TPSA) is 108 Å². The molecule has 0 aliphatic rings. The molecule has 2 N–H and O–H groups in total. The smallest absolute Gasteiger partial charge is 0.268 e. The van der Waals surface area contributed by atoms with E-state index < -0.39 is 20.0 Å². The van der Waals surface area contributed by atoms with E-state index in [4.69, 9.17) is 9.05 Å². The molecule has 8 nitrogen and oxygen atoms in total. The van der Waals surface area contributed by atoms with Crippen molar-refractivity contribution in [3.8, 4) is 0 Å². The molecule has 0 bridgehead atoms. The summed E-state index contributed by atoms with van der Waals surface area (Å²) in [6.07, 6.45) is 51.9. The van der Waals surface area contributed by atoms with Gasteiger partial charge in [-0.2, -0.15) is 0 Å². The molecule has 0 radical (unpaired) electrons. The molecule has 0 aliphatic heterocycles. The van der Waals surface area contributed by atoms with Gasteiger partial charge in [-0.15, -0.1) is 0 Å². The number of aliphatic hydroxyl groups excluding tert-OH is 1. The number of hydrogen-bond acceptors (Lipinski definition) is 6. The number of nitrogens with one attached hydrogen (secondary N) is 1. The molecule has 0 fully saturated rings. The van der Waals surface area contributed by atoms with E-state index in [-0.39, 0.29) is 19.1 Å². The lowest BCUT2D eigenvalue weighted by atomic mass is 10.0. The summed E-state index contributed by atoms with van der Waals surface area (Å²) >= 11 is 0. The van der Waals surface area contributed by atoms with Gasteiger partial charge in [0.25, 0.3) is 7.82 Å². The highest BCUT2D eigenvalue weighted by Gasteiger charge is 2.24. The number of amides is 1. The van der Waals surface area contributed by atoms with Crippen LogP contribution in [-0.2, 0) is 18.4 Å². The molecule has 60 heavy (non-hydrogen) atoms. The zero-order valence-corrected chi connectivity index (χ0v) is 41.3. The standard InChI is InChI=1S/C51H101N2O6P/c1-6-8-10-12-14-16-18-20-22-23-24-25-26-27-28-29-31-33-35-37-39-41-43-45-51(55)52-49(48-59-60(56,57)58-47-46-53(3,4)5)50(54)44-42-40-38-36-34-32-30-21-19-17-15-13-11-9-7-2/h24-25,27-28,49-50,54H,6-23,26,29-48H2,1-5H3,(H-,52,55,56,57)/b25-24-,28-27-. The highest BCUT2D eigenvalue weighted by Crippen LogP contribution is 2.38. The SMILES string of the molecule is CCCCCCCCCCC/C=C\C/C=C\CCCCCCCCCC(=O)NC(COP(=O)([O-])OCC[N+](C)(C)C)C(O)CCCCCCCCCCCCCCCCC. The number of quaternary nitrogens is 1. The Balaban J connectivity index is 4.24. The van der Waals surface area contributed by atoms with Gasteiger partial charge >= 0.3 is 0 Å². The first-order valence-electron chi connectivity index (χ1n) is 25.7. The summed E-state index contributed by atoms with van der Waals surface area (Å²) in [6.45, 7) is 4.73. The molecule has 3 unspecified atom stereocenters. The van der Waals surface area contributed by atoms with Crippen LogP contribution in [0.25, 0.3) is 0 Å². The van der Waals surface area contributed by atoms with Crippen LogP contribution in [0, 0.1) is 0 Å². The fraction of sp³-hybridized carbons (Fsp3) is 0.902. The van der Waals surface area contributed by atoms with Crippen LogP contribution >= 0.6 is 7.82 Å². The van der Waals surface area contributed by atoms with Crippen molar-refractivity contribution in [2.24, 2.45) is 0 Å². The third-order valence-corrected chi connectivity index (χ3v) is 12.7. The Hall–Kier alpha value is -1.02. The number of allylic oxidation sites excluding steroid dienone is 4. The summed E-state index contributed by atoms with van der Waals surface area (Å²) in [5.74, 6) is -0.170. The van der Waals surface area contributed by atoms with Crippen molar-refractivity contribution in [2.75, 3.05) is 40.9 Å². The third-order valence-electron chi connectivity index (χ3n) is 11.7. The zero-order chi connectivity index (χ0) is 44.3. The Morgan fingerprint density at radius 2 is 0.967 bits per heavy atom. The molecule has 0 aromatic carbocycles. The minimum Gasteiger partial charge on any atom is -0.756 e. The molecule has 0 aliphatic carbocycles. The van der Waals surface area contributed by atoms with Gasteiger partial charge < -0.3 is 28.8 Å². The van der Waals surface area contributed by atoms with E-state index in [1.165, 1.54) is 167 Å². The summed E-state index contributed by atoms with van der Waals surface area (Å²) in [7, 11) is 1.30. The van der Waals surface area contributed by atoms with Gasteiger partial charge in [0.1, 0.15) is 13.2 Å². The van der Waals surface area contributed by atoms with E-state index in [1.807, 2.05) is 21.1 Å². The van der Waals surface area contributed by atoms with E-state index in [2.05, 4.69) is 43.5 Å². The van der Waals surface area contributed by atoms with Crippen LogP contribution in [0.2, 0.25) is 0 Å². The number of carbonyl (C=O) groups excluding carboxylic acids is 1. The quantitative estimate of drug-likeness (QED) is 0.0273. The minimum atomic E-state index is -4.57. The molecule has 0 aromatic rings. The summed E-state index contributed by atoms with van der Waals surface area (Å²) in [5.41, 5.74) is 0. The van der Waals surface area contributed by atoms with Gasteiger partial charge in [0.15, 0.2) is 0 Å². The van der Waals surface area contributed by atoms with Crippen LogP contribution in [0.1, 0.15) is 245 Å². The van der Waals surface area contributed by atoms with E-state index >= 15 is 0 Å². The molecule has 0 rings (SSSR count). The maximum Gasteiger partial charge on any atom is 0.268 e. The lowest BCUT2D eigenvalue weighted by Crippen LogP contribution is -2.46. The molecule has 3 atom stereocenters. The van der Waals surface area contributed by atoms with Gasteiger partial charge in [0.2, 0.25) is 5.91 Å².